The molecule has 1 N–H and O–H groups in total. The maximum absolute atomic E-state index is 12.7. The molecule has 8 nitrogen and oxygen atoms in total. The first-order valence-corrected chi connectivity index (χ1v) is 10.9. The highest BCUT2D eigenvalue weighted by molar-refractivity contribution is 5.82. The maximum atomic E-state index is 12.7. The number of ether oxygens (including phenoxy) is 2. The van der Waals surface area contributed by atoms with E-state index in [1.165, 1.54) is 5.39 Å². The average molecular weight is 439 g/mol. The number of rotatable bonds is 5. The van der Waals surface area contributed by atoms with E-state index in [0.29, 0.717) is 31.8 Å². The number of aliphatic hydroxyl groups excluding tert-OH is 1. The molecule has 1 aromatic heterocycles. The van der Waals surface area contributed by atoms with Gasteiger partial charge in [0.1, 0.15) is 11.3 Å². The zero-order chi connectivity index (χ0) is 22.7. The molecule has 170 valence electrons. The molecule has 8 heteroatoms. The van der Waals surface area contributed by atoms with Crippen LogP contribution in [0.15, 0.2) is 48.7 Å². The molecule has 1 amide bonds. The summed E-state index contributed by atoms with van der Waals surface area (Å²) in [7, 11) is 0. The van der Waals surface area contributed by atoms with E-state index < -0.39 is 5.60 Å². The Labute approximate surface area is 187 Å². The Morgan fingerprint density at radius 2 is 1.97 bits per heavy atom. The molecule has 1 aliphatic heterocycles. The average Bonchev–Trinajstić information content (AvgIpc) is 3.25. The first-order chi connectivity index (χ1) is 15.3. The predicted octanol–water partition coefficient (Wildman–Crippen LogP) is 3.69. The summed E-state index contributed by atoms with van der Waals surface area (Å²) >= 11 is 0. The number of carbonyl (C=O) groups excluding carboxylic acids is 1. The van der Waals surface area contributed by atoms with E-state index in [1.807, 2.05) is 32.9 Å². The summed E-state index contributed by atoms with van der Waals surface area (Å²) < 4.78 is 13.6. The first-order valence-electron chi connectivity index (χ1n) is 10.9. The van der Waals surface area contributed by atoms with Crippen molar-refractivity contribution >= 4 is 16.9 Å². The fourth-order valence-corrected chi connectivity index (χ4v) is 3.94. The van der Waals surface area contributed by atoms with Crippen LogP contribution >= 0.6 is 0 Å². The largest absolute Gasteiger partial charge is 0.444 e. The molecule has 2 aromatic carbocycles. The molecule has 1 saturated heterocycles. The number of nitrogens with zero attached hydrogens (tertiary/aromatic N) is 4. The lowest BCUT2D eigenvalue weighted by atomic mass is 10.0. The van der Waals surface area contributed by atoms with Crippen LogP contribution in [-0.4, -0.2) is 55.9 Å². The van der Waals surface area contributed by atoms with E-state index in [4.69, 9.17) is 9.47 Å². The summed E-state index contributed by atoms with van der Waals surface area (Å²) in [6.45, 7) is 6.74. The normalized spacial score (nSPS) is 19.3. The molecule has 1 aliphatic rings. The molecule has 0 spiro atoms. The van der Waals surface area contributed by atoms with Crippen molar-refractivity contribution in [3.05, 3.63) is 59.9 Å². The molecule has 1 fully saturated rings. The summed E-state index contributed by atoms with van der Waals surface area (Å²) in [5.74, 6) is 0. The van der Waals surface area contributed by atoms with Gasteiger partial charge in [-0.1, -0.05) is 41.6 Å². The molecule has 2 unspecified atom stereocenters. The van der Waals surface area contributed by atoms with Gasteiger partial charge in [0.15, 0.2) is 0 Å². The van der Waals surface area contributed by atoms with Gasteiger partial charge in [0, 0.05) is 6.54 Å². The van der Waals surface area contributed by atoms with Crippen molar-refractivity contribution in [3.63, 3.8) is 0 Å². The van der Waals surface area contributed by atoms with Crippen LogP contribution in [0.2, 0.25) is 0 Å². The second-order valence-electron chi connectivity index (χ2n) is 9.16. The molecule has 3 aromatic rings. The number of fused-ring (bicyclic) bond motifs is 1. The highest BCUT2D eigenvalue weighted by Crippen LogP contribution is 2.27. The van der Waals surface area contributed by atoms with Crippen molar-refractivity contribution < 1.29 is 19.4 Å². The molecule has 32 heavy (non-hydrogen) atoms. The van der Waals surface area contributed by atoms with Gasteiger partial charge in [-0.05, 0) is 49.6 Å². The van der Waals surface area contributed by atoms with Gasteiger partial charge in [0.2, 0.25) is 0 Å². The van der Waals surface area contributed by atoms with Gasteiger partial charge in [0.05, 0.1) is 38.1 Å². The number of hydrogen-bond acceptors (Lipinski definition) is 6. The Morgan fingerprint density at radius 3 is 2.69 bits per heavy atom. The molecular formula is C24H30N4O4. The summed E-state index contributed by atoms with van der Waals surface area (Å²) in [6.07, 6.45) is 1.75. The molecule has 0 aliphatic carbocycles. The highest BCUT2D eigenvalue weighted by Gasteiger charge is 2.36. The van der Waals surface area contributed by atoms with E-state index in [9.17, 15) is 9.90 Å². The van der Waals surface area contributed by atoms with Gasteiger partial charge >= 0.3 is 6.09 Å². The minimum Gasteiger partial charge on any atom is -0.444 e. The quantitative estimate of drug-likeness (QED) is 0.653. The number of piperidine rings is 1. The number of hydrogen-bond donors (Lipinski definition) is 1. The van der Waals surface area contributed by atoms with Crippen LogP contribution in [0.5, 0.6) is 0 Å². The van der Waals surface area contributed by atoms with Crippen molar-refractivity contribution in [1.29, 1.82) is 0 Å². The molecule has 2 atom stereocenters. The molecule has 0 saturated carbocycles. The van der Waals surface area contributed by atoms with Crippen LogP contribution < -0.4 is 0 Å². The lowest BCUT2D eigenvalue weighted by molar-refractivity contribution is -0.0517. The van der Waals surface area contributed by atoms with Gasteiger partial charge in [0.25, 0.3) is 0 Å². The lowest BCUT2D eigenvalue weighted by Gasteiger charge is -2.38. The van der Waals surface area contributed by atoms with Gasteiger partial charge in [-0.3, -0.25) is 0 Å². The van der Waals surface area contributed by atoms with Crippen LogP contribution in [0.4, 0.5) is 4.79 Å². The van der Waals surface area contributed by atoms with E-state index in [0.717, 1.165) is 10.9 Å². The Hall–Kier alpha value is -2.97. The predicted molar refractivity (Wildman–Crippen MR) is 120 cm³/mol. The van der Waals surface area contributed by atoms with Gasteiger partial charge in [-0.2, -0.15) is 0 Å². The van der Waals surface area contributed by atoms with Gasteiger partial charge in [-0.15, -0.1) is 5.10 Å². The third kappa shape index (κ3) is 5.26. The Balaban J connectivity index is 1.51. The molecule has 0 bridgehead atoms. The third-order valence-electron chi connectivity index (χ3n) is 5.51. The van der Waals surface area contributed by atoms with Crippen LogP contribution in [-0.2, 0) is 22.7 Å². The first kappa shape index (κ1) is 22.2. The fraction of sp³-hybridized carbons (Fsp3) is 0.458. The summed E-state index contributed by atoms with van der Waals surface area (Å²) in [5, 5.41) is 19.9. The molecule has 2 heterocycles. The van der Waals surface area contributed by atoms with E-state index in [2.05, 4.69) is 40.6 Å². The van der Waals surface area contributed by atoms with E-state index in [-0.39, 0.29) is 24.8 Å². The van der Waals surface area contributed by atoms with E-state index >= 15 is 0 Å². The van der Waals surface area contributed by atoms with Gasteiger partial charge < -0.3 is 19.5 Å². The second kappa shape index (κ2) is 9.26. The monoisotopic (exact) mass is 438 g/mol. The van der Waals surface area contributed by atoms with Crippen molar-refractivity contribution in [3.8, 4) is 0 Å². The number of amides is 1. The second-order valence-corrected chi connectivity index (χ2v) is 9.16. The van der Waals surface area contributed by atoms with Crippen LogP contribution in [0, 0.1) is 0 Å². The zero-order valence-corrected chi connectivity index (χ0v) is 18.8. The number of carbonyl (C=O) groups is 1. The van der Waals surface area contributed by atoms with Gasteiger partial charge in [-0.25, -0.2) is 9.48 Å². The number of benzene rings is 2. The standard InChI is InChI=1S/C24H30N4O4/c1-24(2,3)32-23(30)27-11-10-21(28-13-20(15-29)25-26-28)22(14-27)31-16-17-8-9-18-6-4-5-7-19(18)12-17/h4-9,12-13,21-22,29H,10-11,14-16H2,1-3H3. The topological polar surface area (TPSA) is 89.7 Å². The number of aliphatic hydroxyl groups is 1. The molecular weight excluding hydrogens is 408 g/mol. The lowest BCUT2D eigenvalue weighted by Crippen LogP contribution is -2.49. The SMILES string of the molecule is CC(C)(C)OC(=O)N1CCC(n2cc(CO)nn2)C(OCc2ccc3ccccc3c2)C1. The molecule has 0 radical (unpaired) electrons. The summed E-state index contributed by atoms with van der Waals surface area (Å²) in [4.78, 5) is 14.3. The minimum absolute atomic E-state index is 0.0954. The number of aromatic nitrogens is 3. The van der Waals surface area contributed by atoms with Crippen LogP contribution in [0.1, 0.15) is 44.5 Å². The van der Waals surface area contributed by atoms with E-state index in [1.54, 1.807) is 15.8 Å². The highest BCUT2D eigenvalue weighted by atomic mass is 16.6. The molecule has 4 rings (SSSR count). The minimum atomic E-state index is -0.558. The Kier molecular flexibility index (Phi) is 6.43. The fourth-order valence-electron chi connectivity index (χ4n) is 3.94. The smallest absolute Gasteiger partial charge is 0.410 e. The van der Waals surface area contributed by atoms with Crippen molar-refractivity contribution in [2.24, 2.45) is 0 Å². The zero-order valence-electron chi connectivity index (χ0n) is 18.8. The van der Waals surface area contributed by atoms with Crippen LogP contribution in [0.3, 0.4) is 0 Å². The number of likely N-dealkylation sites (tertiary alicyclic amines) is 1. The Morgan fingerprint density at radius 1 is 1.19 bits per heavy atom. The van der Waals surface area contributed by atoms with Crippen LogP contribution in [0.25, 0.3) is 10.8 Å². The van der Waals surface area contributed by atoms with Crippen molar-refractivity contribution in [2.45, 2.75) is 58.2 Å². The summed E-state index contributed by atoms with van der Waals surface area (Å²) in [6, 6.07) is 14.4. The third-order valence-corrected chi connectivity index (χ3v) is 5.51. The summed E-state index contributed by atoms with van der Waals surface area (Å²) in [5.41, 5.74) is 1.01. The van der Waals surface area contributed by atoms with Crippen molar-refractivity contribution in [1.82, 2.24) is 19.9 Å². The Bertz CT molecular complexity index is 1080. The van der Waals surface area contributed by atoms with Crippen molar-refractivity contribution in [2.75, 3.05) is 13.1 Å². The maximum Gasteiger partial charge on any atom is 0.410 e.